The summed E-state index contributed by atoms with van der Waals surface area (Å²) >= 11 is 0. The minimum absolute atomic E-state index is 0.147. The number of aliphatic imine (C=N–C) groups is 1. The molecule has 0 aliphatic carbocycles. The van der Waals surface area contributed by atoms with E-state index in [1.54, 1.807) is 18.6 Å². The average molecular weight is 191 g/mol. The fourth-order valence-corrected chi connectivity index (χ4v) is 1.15. The molecule has 0 radical (unpaired) electrons. The first-order valence-electron chi connectivity index (χ1n) is 4.12. The van der Waals surface area contributed by atoms with Gasteiger partial charge in [-0.15, -0.1) is 0 Å². The molecule has 0 saturated carbocycles. The molecule has 1 aromatic heterocycles. The van der Waals surface area contributed by atoms with Crippen molar-refractivity contribution in [1.82, 2.24) is 5.32 Å². The Morgan fingerprint density at radius 3 is 3.07 bits per heavy atom. The van der Waals surface area contributed by atoms with Crippen molar-refractivity contribution in [3.05, 3.63) is 35.9 Å². The third-order valence-corrected chi connectivity index (χ3v) is 1.83. The highest BCUT2D eigenvalue weighted by molar-refractivity contribution is 6.10. The zero-order valence-corrected chi connectivity index (χ0v) is 7.36. The molecule has 3 N–H and O–H groups in total. The molecule has 0 bridgehead atoms. The number of guanidine groups is 1. The fourth-order valence-electron chi connectivity index (χ4n) is 1.15. The van der Waals surface area contributed by atoms with E-state index >= 15 is 0 Å². The van der Waals surface area contributed by atoms with Gasteiger partial charge in [-0.1, -0.05) is 0 Å². The maximum Gasteiger partial charge on any atom is 0.276 e. The summed E-state index contributed by atoms with van der Waals surface area (Å²) in [6.07, 6.45) is 5.52. The van der Waals surface area contributed by atoms with Gasteiger partial charge in [-0.2, -0.15) is 0 Å². The molecular formula is C9H9N3O2. The molecule has 1 amide bonds. The van der Waals surface area contributed by atoms with Gasteiger partial charge >= 0.3 is 0 Å². The number of carbonyl (C=O) groups is 1. The Balaban J connectivity index is 2.09. The molecule has 0 aromatic carbocycles. The Morgan fingerprint density at radius 2 is 2.50 bits per heavy atom. The topological polar surface area (TPSA) is 80.6 Å². The largest absolute Gasteiger partial charge is 0.472 e. The standard InChI is InChI=1S/C9H9N3O2/c10-9-11-7(8(13)12-9)2-1-6-3-4-14-5-6/h2-5H,1H2,(H3,10,11,12,13). The SMILES string of the molecule is NC1=NC(=CCc2ccoc2)C(=O)N1. The van der Waals surface area contributed by atoms with Crippen molar-refractivity contribution in [3.63, 3.8) is 0 Å². The second kappa shape index (κ2) is 3.37. The van der Waals surface area contributed by atoms with Crippen molar-refractivity contribution in [1.29, 1.82) is 0 Å². The number of rotatable bonds is 2. The molecule has 0 atom stereocenters. The summed E-state index contributed by atoms with van der Waals surface area (Å²) in [6.45, 7) is 0. The van der Waals surface area contributed by atoms with E-state index in [4.69, 9.17) is 10.2 Å². The predicted molar refractivity (Wildman–Crippen MR) is 50.3 cm³/mol. The summed E-state index contributed by atoms with van der Waals surface area (Å²) in [5, 5.41) is 2.39. The number of furan rings is 1. The smallest absolute Gasteiger partial charge is 0.276 e. The van der Waals surface area contributed by atoms with Gasteiger partial charge in [-0.3, -0.25) is 10.1 Å². The van der Waals surface area contributed by atoms with E-state index in [1.165, 1.54) is 0 Å². The van der Waals surface area contributed by atoms with Crippen LogP contribution < -0.4 is 11.1 Å². The van der Waals surface area contributed by atoms with Crippen molar-refractivity contribution >= 4 is 11.9 Å². The molecule has 14 heavy (non-hydrogen) atoms. The summed E-state index contributed by atoms with van der Waals surface area (Å²) in [5.41, 5.74) is 6.67. The number of nitrogens with two attached hydrogens (primary N) is 1. The monoisotopic (exact) mass is 191 g/mol. The molecule has 1 aliphatic rings. The second-order valence-electron chi connectivity index (χ2n) is 2.88. The highest BCUT2D eigenvalue weighted by Gasteiger charge is 2.16. The first-order valence-corrected chi connectivity index (χ1v) is 4.12. The second-order valence-corrected chi connectivity index (χ2v) is 2.88. The number of allylic oxidation sites excluding steroid dienone is 1. The van der Waals surface area contributed by atoms with Crippen LogP contribution in [0.25, 0.3) is 0 Å². The van der Waals surface area contributed by atoms with E-state index in [2.05, 4.69) is 10.3 Å². The quantitative estimate of drug-likeness (QED) is 0.653. The maximum absolute atomic E-state index is 11.1. The van der Waals surface area contributed by atoms with Crippen molar-refractivity contribution in [2.75, 3.05) is 0 Å². The van der Waals surface area contributed by atoms with Crippen LogP contribution in [0.4, 0.5) is 0 Å². The first kappa shape index (κ1) is 8.55. The molecule has 72 valence electrons. The van der Waals surface area contributed by atoms with Gasteiger partial charge in [0.05, 0.1) is 12.5 Å². The van der Waals surface area contributed by atoms with E-state index in [-0.39, 0.29) is 11.9 Å². The van der Waals surface area contributed by atoms with Crippen LogP contribution in [0, 0.1) is 0 Å². The zero-order chi connectivity index (χ0) is 9.97. The molecule has 2 heterocycles. The number of hydrogen-bond donors (Lipinski definition) is 2. The lowest BCUT2D eigenvalue weighted by atomic mass is 10.2. The Kier molecular flexibility index (Phi) is 2.06. The van der Waals surface area contributed by atoms with Crippen LogP contribution in [0.5, 0.6) is 0 Å². The van der Waals surface area contributed by atoms with E-state index in [1.807, 2.05) is 6.07 Å². The van der Waals surface area contributed by atoms with Gasteiger partial charge in [0, 0.05) is 0 Å². The van der Waals surface area contributed by atoms with E-state index in [0.29, 0.717) is 12.1 Å². The number of nitrogens with one attached hydrogen (secondary N) is 1. The number of nitrogens with zero attached hydrogens (tertiary/aromatic N) is 1. The molecule has 1 aromatic rings. The van der Waals surface area contributed by atoms with Gasteiger partial charge in [-0.25, -0.2) is 4.99 Å². The molecule has 0 saturated heterocycles. The normalized spacial score (nSPS) is 18.4. The summed E-state index contributed by atoms with van der Waals surface area (Å²) in [5.74, 6) is -0.112. The van der Waals surface area contributed by atoms with Crippen LogP contribution in [0.1, 0.15) is 5.56 Å². The fraction of sp³-hybridized carbons (Fsp3) is 0.111. The average Bonchev–Trinajstić information content (AvgIpc) is 2.72. The van der Waals surface area contributed by atoms with Gasteiger partial charge in [0.2, 0.25) is 5.96 Å². The van der Waals surface area contributed by atoms with Crippen molar-refractivity contribution in [2.45, 2.75) is 6.42 Å². The third-order valence-electron chi connectivity index (χ3n) is 1.83. The Bertz CT molecular complexity index is 404. The van der Waals surface area contributed by atoms with Crippen molar-refractivity contribution in [2.24, 2.45) is 10.7 Å². The van der Waals surface area contributed by atoms with Crippen molar-refractivity contribution in [3.8, 4) is 0 Å². The first-order chi connectivity index (χ1) is 6.75. The van der Waals surface area contributed by atoms with Crippen LogP contribution in [0.15, 0.2) is 39.8 Å². The lowest BCUT2D eigenvalue weighted by molar-refractivity contribution is -0.115. The molecule has 5 heteroatoms. The van der Waals surface area contributed by atoms with Crippen molar-refractivity contribution < 1.29 is 9.21 Å². The molecule has 0 spiro atoms. The van der Waals surface area contributed by atoms with E-state index < -0.39 is 0 Å². The van der Waals surface area contributed by atoms with Gasteiger partial charge in [0.15, 0.2) is 0 Å². The summed E-state index contributed by atoms with van der Waals surface area (Å²) in [7, 11) is 0. The number of carbonyl (C=O) groups excluding carboxylic acids is 1. The predicted octanol–water partition coefficient (Wildman–Crippen LogP) is 0.151. The van der Waals surface area contributed by atoms with Crippen LogP contribution in [-0.4, -0.2) is 11.9 Å². The van der Waals surface area contributed by atoms with Gasteiger partial charge in [0.25, 0.3) is 5.91 Å². The molecule has 0 fully saturated rings. The van der Waals surface area contributed by atoms with E-state index in [0.717, 1.165) is 5.56 Å². The van der Waals surface area contributed by atoms with Crippen LogP contribution in [0.2, 0.25) is 0 Å². The molecule has 2 rings (SSSR count). The maximum atomic E-state index is 11.1. The van der Waals surface area contributed by atoms with Gasteiger partial charge in [0.1, 0.15) is 5.70 Å². The van der Waals surface area contributed by atoms with E-state index in [9.17, 15) is 4.79 Å². The zero-order valence-electron chi connectivity index (χ0n) is 7.36. The Morgan fingerprint density at radius 1 is 1.64 bits per heavy atom. The number of amides is 1. The van der Waals surface area contributed by atoms with Gasteiger partial charge < -0.3 is 10.2 Å². The summed E-state index contributed by atoms with van der Waals surface area (Å²) in [6, 6.07) is 1.83. The minimum Gasteiger partial charge on any atom is -0.472 e. The minimum atomic E-state index is -0.258. The molecular weight excluding hydrogens is 182 g/mol. The Hall–Kier alpha value is -2.04. The van der Waals surface area contributed by atoms with Crippen LogP contribution >= 0.6 is 0 Å². The summed E-state index contributed by atoms with van der Waals surface area (Å²) in [4.78, 5) is 15.0. The third kappa shape index (κ3) is 1.66. The molecule has 5 nitrogen and oxygen atoms in total. The van der Waals surface area contributed by atoms with Crippen LogP contribution in [0.3, 0.4) is 0 Å². The highest BCUT2D eigenvalue weighted by Crippen LogP contribution is 2.07. The molecule has 1 aliphatic heterocycles. The lowest BCUT2D eigenvalue weighted by Crippen LogP contribution is -2.30. The van der Waals surface area contributed by atoms with Gasteiger partial charge in [-0.05, 0) is 24.1 Å². The van der Waals surface area contributed by atoms with Crippen LogP contribution in [-0.2, 0) is 11.2 Å². The highest BCUT2D eigenvalue weighted by atomic mass is 16.3. The summed E-state index contributed by atoms with van der Waals surface area (Å²) < 4.78 is 4.89. The number of hydrogen-bond acceptors (Lipinski definition) is 4. The Labute approximate surface area is 80.3 Å². The lowest BCUT2D eigenvalue weighted by Gasteiger charge is -1.90. The molecule has 0 unspecified atom stereocenters.